The lowest BCUT2D eigenvalue weighted by Gasteiger charge is -2.39. The Hall–Kier alpha value is -1.41. The summed E-state index contributed by atoms with van der Waals surface area (Å²) in [6, 6.07) is 21.2. The number of rotatable bonds is 6. The zero-order valence-electron chi connectivity index (χ0n) is 19.0. The molecule has 2 aromatic carbocycles. The largest absolute Gasteiger partial charge is 0.207 e. The van der Waals surface area contributed by atoms with E-state index < -0.39 is 8.07 Å². The van der Waals surface area contributed by atoms with Gasteiger partial charge in [0.05, 0.1) is 8.07 Å². The van der Waals surface area contributed by atoms with E-state index in [1.807, 2.05) is 12.1 Å². The molecule has 1 aliphatic heterocycles. The van der Waals surface area contributed by atoms with Crippen molar-refractivity contribution in [3.05, 3.63) is 65.5 Å². The van der Waals surface area contributed by atoms with Gasteiger partial charge in [-0.1, -0.05) is 97.9 Å². The van der Waals surface area contributed by atoms with E-state index in [-0.39, 0.29) is 5.82 Å². The van der Waals surface area contributed by atoms with Gasteiger partial charge in [0.15, 0.2) is 0 Å². The molecule has 1 saturated carbocycles. The van der Waals surface area contributed by atoms with Crippen LogP contribution in [0.5, 0.6) is 0 Å². The van der Waals surface area contributed by atoms with E-state index in [2.05, 4.69) is 38.1 Å². The van der Waals surface area contributed by atoms with E-state index in [0.29, 0.717) is 5.92 Å². The van der Waals surface area contributed by atoms with Gasteiger partial charge in [-0.2, -0.15) is 0 Å². The Labute approximate surface area is 184 Å². The number of aryl methyl sites for hydroxylation is 1. The molecule has 1 aliphatic carbocycles. The second kappa shape index (κ2) is 9.81. The summed E-state index contributed by atoms with van der Waals surface area (Å²) in [4.78, 5) is 0. The number of halogens is 1. The van der Waals surface area contributed by atoms with Crippen LogP contribution in [-0.4, -0.2) is 8.07 Å². The molecule has 2 aromatic rings. The molecule has 2 fully saturated rings. The van der Waals surface area contributed by atoms with Gasteiger partial charge in [0.2, 0.25) is 0 Å². The Morgan fingerprint density at radius 3 is 1.90 bits per heavy atom. The predicted molar refractivity (Wildman–Crippen MR) is 130 cm³/mol. The van der Waals surface area contributed by atoms with Crippen molar-refractivity contribution in [1.82, 2.24) is 0 Å². The second-order valence-electron chi connectivity index (χ2n) is 10.3. The third kappa shape index (κ3) is 5.07. The molecular weight excluding hydrogens is 383 g/mol. The van der Waals surface area contributed by atoms with Crippen molar-refractivity contribution in [2.75, 3.05) is 0 Å². The SMILES string of the molecule is CC[Si]1(c2ccc(C)cc2)CCC(CCC2CCC(c3ccc(F)cc3)CC2)CC1. The van der Waals surface area contributed by atoms with Crippen LogP contribution in [0.2, 0.25) is 18.1 Å². The summed E-state index contributed by atoms with van der Waals surface area (Å²) in [5.41, 5.74) is 2.74. The first kappa shape index (κ1) is 21.8. The molecule has 2 heteroatoms. The summed E-state index contributed by atoms with van der Waals surface area (Å²) in [5, 5.41) is 1.72. The molecule has 30 heavy (non-hydrogen) atoms. The minimum Gasteiger partial charge on any atom is -0.207 e. The zero-order valence-corrected chi connectivity index (χ0v) is 20.0. The summed E-state index contributed by atoms with van der Waals surface area (Å²) in [7, 11) is -1.24. The van der Waals surface area contributed by atoms with Crippen LogP contribution in [0.25, 0.3) is 0 Å². The van der Waals surface area contributed by atoms with Gasteiger partial charge < -0.3 is 0 Å². The van der Waals surface area contributed by atoms with Gasteiger partial charge >= 0.3 is 0 Å². The third-order valence-electron chi connectivity index (χ3n) is 8.57. The number of hydrogen-bond donors (Lipinski definition) is 0. The zero-order chi connectivity index (χ0) is 21.0. The van der Waals surface area contributed by atoms with E-state index in [0.717, 1.165) is 11.8 Å². The molecule has 2 aliphatic rings. The average Bonchev–Trinajstić information content (AvgIpc) is 2.79. The fourth-order valence-corrected chi connectivity index (χ4v) is 11.0. The predicted octanol–water partition coefficient (Wildman–Crippen LogP) is 7.97. The van der Waals surface area contributed by atoms with Crippen LogP contribution in [0.4, 0.5) is 4.39 Å². The highest BCUT2D eigenvalue weighted by Gasteiger charge is 2.37. The molecule has 0 nitrogen and oxygen atoms in total. The van der Waals surface area contributed by atoms with Gasteiger partial charge in [0.1, 0.15) is 5.82 Å². The van der Waals surface area contributed by atoms with Crippen LogP contribution < -0.4 is 5.19 Å². The Morgan fingerprint density at radius 2 is 1.33 bits per heavy atom. The van der Waals surface area contributed by atoms with Crippen LogP contribution in [-0.2, 0) is 0 Å². The highest BCUT2D eigenvalue weighted by molar-refractivity contribution is 6.92. The van der Waals surface area contributed by atoms with Gasteiger partial charge in [0, 0.05) is 0 Å². The first-order valence-corrected chi connectivity index (χ1v) is 15.0. The minimum atomic E-state index is -1.24. The van der Waals surface area contributed by atoms with Crippen molar-refractivity contribution < 1.29 is 4.39 Å². The lowest BCUT2D eigenvalue weighted by Crippen LogP contribution is -2.49. The van der Waals surface area contributed by atoms with E-state index in [1.54, 1.807) is 17.3 Å². The molecule has 0 atom stereocenters. The maximum Gasteiger partial charge on any atom is 0.123 e. The first-order valence-electron chi connectivity index (χ1n) is 12.4. The number of benzene rings is 2. The van der Waals surface area contributed by atoms with Crippen LogP contribution in [0, 0.1) is 24.6 Å². The molecule has 0 unspecified atom stereocenters. The van der Waals surface area contributed by atoms with E-state index in [1.165, 1.54) is 80.6 Å². The highest BCUT2D eigenvalue weighted by Crippen LogP contribution is 2.41. The summed E-state index contributed by atoms with van der Waals surface area (Å²) >= 11 is 0. The Balaban J connectivity index is 1.22. The Kier molecular flexibility index (Phi) is 7.13. The standard InChI is InChI=1S/C28H39FSi/c1-3-30(28-16-4-22(2)5-17-28)20-18-24(19-21-30)7-6-23-8-10-25(11-9-23)26-12-14-27(29)15-13-26/h4-5,12-17,23-25H,3,6-11,18-21H2,1-2H3. The molecule has 1 heterocycles. The smallest absolute Gasteiger partial charge is 0.123 e. The van der Waals surface area contributed by atoms with Gasteiger partial charge in [-0.3, -0.25) is 0 Å². The first-order chi connectivity index (χ1) is 14.6. The molecule has 0 radical (unpaired) electrons. The van der Waals surface area contributed by atoms with Crippen LogP contribution >= 0.6 is 0 Å². The maximum absolute atomic E-state index is 13.2. The van der Waals surface area contributed by atoms with Crippen molar-refractivity contribution in [1.29, 1.82) is 0 Å². The topological polar surface area (TPSA) is 0 Å². The average molecular weight is 423 g/mol. The molecular formula is C28H39FSi. The van der Waals surface area contributed by atoms with Crippen LogP contribution in [0.1, 0.15) is 75.3 Å². The lowest BCUT2D eigenvalue weighted by atomic mass is 9.76. The molecule has 0 aromatic heterocycles. The second-order valence-corrected chi connectivity index (χ2v) is 15.1. The fourth-order valence-electron chi connectivity index (χ4n) is 6.26. The molecule has 0 amide bonds. The van der Waals surface area contributed by atoms with Crippen molar-refractivity contribution in [3.63, 3.8) is 0 Å². The summed E-state index contributed by atoms with van der Waals surface area (Å²) in [6.45, 7) is 4.65. The van der Waals surface area contributed by atoms with E-state index >= 15 is 0 Å². The van der Waals surface area contributed by atoms with Crippen molar-refractivity contribution in [2.45, 2.75) is 89.3 Å². The molecule has 0 N–H and O–H groups in total. The fraction of sp³-hybridized carbons (Fsp3) is 0.571. The van der Waals surface area contributed by atoms with Crippen LogP contribution in [0.15, 0.2) is 48.5 Å². The normalized spacial score (nSPS) is 29.6. The lowest BCUT2D eigenvalue weighted by molar-refractivity contribution is 0.280. The summed E-state index contributed by atoms with van der Waals surface area (Å²) < 4.78 is 13.2. The van der Waals surface area contributed by atoms with E-state index in [4.69, 9.17) is 0 Å². The van der Waals surface area contributed by atoms with Crippen molar-refractivity contribution in [2.24, 2.45) is 11.8 Å². The summed E-state index contributed by atoms with van der Waals surface area (Å²) in [6.07, 6.45) is 11.1. The third-order valence-corrected chi connectivity index (χ3v) is 14.0. The minimum absolute atomic E-state index is 0.113. The Morgan fingerprint density at radius 1 is 0.767 bits per heavy atom. The maximum atomic E-state index is 13.2. The van der Waals surface area contributed by atoms with Crippen molar-refractivity contribution >= 4 is 13.3 Å². The van der Waals surface area contributed by atoms with Gasteiger partial charge in [-0.05, 0) is 68.1 Å². The van der Waals surface area contributed by atoms with E-state index in [9.17, 15) is 4.39 Å². The van der Waals surface area contributed by atoms with Crippen molar-refractivity contribution in [3.8, 4) is 0 Å². The molecule has 0 spiro atoms. The molecule has 0 bridgehead atoms. The molecule has 162 valence electrons. The summed E-state index contributed by atoms with van der Waals surface area (Å²) in [5.74, 6) is 2.44. The van der Waals surface area contributed by atoms with Gasteiger partial charge in [0.25, 0.3) is 0 Å². The van der Waals surface area contributed by atoms with Gasteiger partial charge in [-0.25, -0.2) is 4.39 Å². The monoisotopic (exact) mass is 422 g/mol. The Bertz CT molecular complexity index is 778. The highest BCUT2D eigenvalue weighted by atomic mass is 28.3. The quantitative estimate of drug-likeness (QED) is 0.414. The van der Waals surface area contributed by atoms with Crippen LogP contribution in [0.3, 0.4) is 0 Å². The number of hydrogen-bond acceptors (Lipinski definition) is 0. The molecule has 1 saturated heterocycles. The molecule has 4 rings (SSSR count). The van der Waals surface area contributed by atoms with Gasteiger partial charge in [-0.15, -0.1) is 0 Å².